The highest BCUT2D eigenvalue weighted by molar-refractivity contribution is 6.22. The van der Waals surface area contributed by atoms with Crippen LogP contribution >= 0.6 is 0 Å². The number of nitrogens with one attached hydrogen (secondary N) is 2. The minimum absolute atomic E-state index is 0.0396. The Morgan fingerprint density at radius 2 is 1.11 bits per heavy atom. The normalized spacial score (nSPS) is 24.7. The molecule has 16 rings (SSSR count). The molecular weight excluding hydrogens is 761 g/mol. The predicted molar refractivity (Wildman–Crippen MR) is 233 cm³/mol. The van der Waals surface area contributed by atoms with E-state index in [-0.39, 0.29) is 48.3 Å². The van der Waals surface area contributed by atoms with Crippen LogP contribution in [0.25, 0.3) is 65.9 Å². The summed E-state index contributed by atoms with van der Waals surface area (Å²) in [7, 11) is 1.71. The number of hydrogen-bond acceptors (Lipinski definition) is 5. The van der Waals surface area contributed by atoms with E-state index in [2.05, 4.69) is 106 Å². The van der Waals surface area contributed by atoms with Gasteiger partial charge in [-0.25, -0.2) is 0 Å². The standard InChI is InChI=1S/C26H20N2O3.C26H20N2O2/c1-30-12-6-7-13-15(10-12)21-18-8-9-19(31-18)28-17-5-3-2-4-14(17)20-16-11-27-26(29)23(16)22(13)24(21)25(20)28;1-12-6-7-13-15(10-12)21-18-8-9-19(30-18)28-17-5-3-2-4-14(17)20-16-11-27-26(29)23(16)22(13)24(21)25(20)28/h2-7,10,18-19,21H,8-9,11H2,1H3,(H,27,29);2-7,10,18-19,21H,8-9,11H2,1H3,(H,27,29)/t;18-,19+,21-/m.0/s1. The summed E-state index contributed by atoms with van der Waals surface area (Å²) < 4.78 is 23.9. The molecule has 0 saturated carbocycles. The second-order valence-corrected chi connectivity index (χ2v) is 18.3. The summed E-state index contributed by atoms with van der Waals surface area (Å²) in [6.45, 7) is 3.34. The van der Waals surface area contributed by atoms with Crippen molar-refractivity contribution in [2.24, 2.45) is 0 Å². The van der Waals surface area contributed by atoms with Crippen LogP contribution in [-0.2, 0) is 22.6 Å². The lowest BCUT2D eigenvalue weighted by Crippen LogP contribution is -2.16. The van der Waals surface area contributed by atoms with Crippen LogP contribution in [0.5, 0.6) is 5.75 Å². The average Bonchev–Trinajstić information content (AvgIpc) is 4.14. The van der Waals surface area contributed by atoms with Gasteiger partial charge < -0.3 is 34.0 Å². The molecule has 0 spiro atoms. The fraction of sp³-hybridized carbons (Fsp3) is 0.269. The summed E-state index contributed by atoms with van der Waals surface area (Å²) in [6, 6.07) is 30.2. The van der Waals surface area contributed by atoms with Crippen molar-refractivity contribution in [2.45, 2.75) is 82.2 Å². The quantitative estimate of drug-likeness (QED) is 0.172. The SMILES string of the molecule is COc1ccc2c(c1)C1c3c-2c2c(c4c5ccccc5n(c34)C3CCC1O3)CNC2=O.Cc1ccc2c(c1)[C@@H]1c3c-2c2c(c4c5ccccc5n(c34)[C@H]3CC[C@@H]1O3)CNC2=O. The molecule has 2 aromatic heterocycles. The Morgan fingerprint density at radius 3 is 1.66 bits per heavy atom. The first-order valence-corrected chi connectivity index (χ1v) is 21.9. The van der Waals surface area contributed by atoms with E-state index in [1.54, 1.807) is 7.11 Å². The number of amides is 2. The molecule has 4 bridgehead atoms. The Kier molecular flexibility index (Phi) is 6.16. The molecule has 2 fully saturated rings. The Balaban J connectivity index is 0.000000115. The minimum atomic E-state index is 0.0396. The number of methoxy groups -OCH3 is 1. The van der Waals surface area contributed by atoms with Gasteiger partial charge in [-0.2, -0.15) is 0 Å². The summed E-state index contributed by atoms with van der Waals surface area (Å²) >= 11 is 0. The van der Waals surface area contributed by atoms with E-state index in [1.807, 2.05) is 6.07 Å². The number of aromatic nitrogens is 2. The van der Waals surface area contributed by atoms with Crippen LogP contribution < -0.4 is 15.4 Å². The Labute approximate surface area is 350 Å². The van der Waals surface area contributed by atoms with Gasteiger partial charge in [-0.05, 0) is 101 Å². The maximum atomic E-state index is 13.1. The molecule has 9 nitrogen and oxygen atoms in total. The number of ether oxygens (including phenoxy) is 3. The van der Waals surface area contributed by atoms with Crippen LogP contribution in [0.3, 0.4) is 0 Å². The molecule has 6 atom stereocenters. The van der Waals surface area contributed by atoms with Gasteiger partial charge in [-0.3, -0.25) is 9.59 Å². The minimum Gasteiger partial charge on any atom is -0.497 e. The second-order valence-electron chi connectivity index (χ2n) is 18.3. The van der Waals surface area contributed by atoms with E-state index >= 15 is 0 Å². The molecule has 9 heteroatoms. The second kappa shape index (κ2) is 11.3. The molecule has 2 amide bonds. The van der Waals surface area contributed by atoms with Gasteiger partial charge in [-0.1, -0.05) is 66.2 Å². The Bertz CT molecular complexity index is 3430. The van der Waals surface area contributed by atoms with Gasteiger partial charge in [0, 0.05) is 57.6 Å². The molecule has 2 aliphatic carbocycles. The molecule has 0 radical (unpaired) electrons. The van der Waals surface area contributed by atoms with Gasteiger partial charge >= 0.3 is 0 Å². The number of hydrogen-bond donors (Lipinski definition) is 2. The van der Waals surface area contributed by atoms with Gasteiger partial charge in [0.1, 0.15) is 18.2 Å². The maximum Gasteiger partial charge on any atom is 0.252 e. The van der Waals surface area contributed by atoms with Crippen molar-refractivity contribution in [3.8, 4) is 28.0 Å². The summed E-state index contributed by atoms with van der Waals surface area (Å²) in [5, 5.41) is 11.2. The number of rotatable bonds is 1. The molecule has 6 aromatic carbocycles. The van der Waals surface area contributed by atoms with Gasteiger partial charge in [-0.15, -0.1) is 0 Å². The highest BCUT2D eigenvalue weighted by Crippen LogP contribution is 2.61. The van der Waals surface area contributed by atoms with Crippen LogP contribution in [0, 0.1) is 6.92 Å². The van der Waals surface area contributed by atoms with Gasteiger partial charge in [0.2, 0.25) is 0 Å². The smallest absolute Gasteiger partial charge is 0.252 e. The largest absolute Gasteiger partial charge is 0.497 e. The molecule has 61 heavy (non-hydrogen) atoms. The zero-order valence-electron chi connectivity index (χ0n) is 33.7. The number of carbonyl (C=O) groups excluding carboxylic acids is 2. The molecule has 8 aliphatic rings. The van der Waals surface area contributed by atoms with Crippen molar-refractivity contribution in [3.05, 3.63) is 135 Å². The third kappa shape index (κ3) is 3.88. The number of carbonyl (C=O) groups is 2. The molecule has 2 saturated heterocycles. The lowest BCUT2D eigenvalue weighted by atomic mass is 9.85. The molecule has 3 unspecified atom stereocenters. The highest BCUT2D eigenvalue weighted by Gasteiger charge is 2.50. The van der Waals surface area contributed by atoms with Crippen LogP contribution in [-0.4, -0.2) is 40.3 Å². The van der Waals surface area contributed by atoms with Crippen LogP contribution in [0.2, 0.25) is 0 Å². The van der Waals surface area contributed by atoms with E-state index in [0.29, 0.717) is 13.1 Å². The average molecular weight is 801 g/mol. The Morgan fingerprint density at radius 1 is 0.607 bits per heavy atom. The summed E-state index contributed by atoms with van der Waals surface area (Å²) in [5.41, 5.74) is 20.1. The van der Waals surface area contributed by atoms with E-state index in [9.17, 15) is 9.59 Å². The summed E-state index contributed by atoms with van der Waals surface area (Å²) in [4.78, 5) is 26.3. The van der Waals surface area contributed by atoms with Gasteiger partial charge in [0.25, 0.3) is 11.8 Å². The number of nitrogens with zero attached hydrogens (tertiary/aromatic N) is 2. The van der Waals surface area contributed by atoms with Crippen molar-refractivity contribution in [1.82, 2.24) is 19.8 Å². The first kappa shape index (κ1) is 33.3. The third-order valence-corrected chi connectivity index (χ3v) is 15.6. The topological polar surface area (TPSA) is 95.8 Å². The van der Waals surface area contributed by atoms with E-state index in [0.717, 1.165) is 70.4 Å². The van der Waals surface area contributed by atoms with Gasteiger partial charge in [0.05, 0.1) is 52.5 Å². The van der Waals surface area contributed by atoms with Crippen molar-refractivity contribution in [2.75, 3.05) is 7.11 Å². The first-order chi connectivity index (χ1) is 30.0. The highest BCUT2D eigenvalue weighted by atomic mass is 16.5. The van der Waals surface area contributed by atoms with E-state index in [1.165, 1.54) is 77.0 Å². The van der Waals surface area contributed by atoms with E-state index in [4.69, 9.17) is 14.2 Å². The third-order valence-electron chi connectivity index (χ3n) is 15.6. The van der Waals surface area contributed by atoms with E-state index < -0.39 is 0 Å². The monoisotopic (exact) mass is 800 g/mol. The number of para-hydroxylation sites is 2. The van der Waals surface area contributed by atoms with Crippen molar-refractivity contribution in [3.63, 3.8) is 0 Å². The van der Waals surface area contributed by atoms with Gasteiger partial charge in [0.15, 0.2) is 0 Å². The van der Waals surface area contributed by atoms with Crippen LogP contribution in [0.1, 0.15) is 110 Å². The molecule has 8 heterocycles. The molecule has 2 N–H and O–H groups in total. The zero-order valence-corrected chi connectivity index (χ0v) is 33.7. The van der Waals surface area contributed by atoms with Crippen LogP contribution in [0.4, 0.5) is 0 Å². The first-order valence-electron chi connectivity index (χ1n) is 21.9. The van der Waals surface area contributed by atoms with Crippen molar-refractivity contribution >= 4 is 55.4 Å². The fourth-order valence-corrected chi connectivity index (χ4v) is 13.4. The molecule has 6 aliphatic heterocycles. The lowest BCUT2D eigenvalue weighted by Gasteiger charge is -2.20. The number of benzene rings is 6. The molecular formula is C52H40N4O5. The summed E-state index contributed by atoms with van der Waals surface area (Å²) in [6.07, 6.45) is 4.52. The van der Waals surface area contributed by atoms with Crippen molar-refractivity contribution < 1.29 is 23.8 Å². The zero-order chi connectivity index (χ0) is 40.2. The maximum absolute atomic E-state index is 13.1. The number of aryl methyl sites for hydroxylation is 1. The lowest BCUT2D eigenvalue weighted by molar-refractivity contribution is 0.00473. The molecule has 8 aromatic rings. The molecule has 298 valence electrons. The Hall–Kier alpha value is -6.42. The van der Waals surface area contributed by atoms with Crippen molar-refractivity contribution in [1.29, 1.82) is 0 Å². The predicted octanol–water partition coefficient (Wildman–Crippen LogP) is 10.00. The fourth-order valence-electron chi connectivity index (χ4n) is 13.4. The van der Waals surface area contributed by atoms with Crippen LogP contribution in [0.15, 0.2) is 84.9 Å². The number of fused-ring (bicyclic) bond motifs is 26. The summed E-state index contributed by atoms with van der Waals surface area (Å²) in [5.74, 6) is 1.28.